The lowest BCUT2D eigenvalue weighted by Gasteiger charge is -2.12. The molecule has 0 bridgehead atoms. The Labute approximate surface area is 95.4 Å². The number of nitriles is 1. The zero-order valence-corrected chi connectivity index (χ0v) is 9.71. The SMILES string of the molecule is CC(C)Oc1cc(CCC#N)ccc1Cl. The summed E-state index contributed by atoms with van der Waals surface area (Å²) in [6.45, 7) is 3.91. The molecule has 0 amide bonds. The van der Waals surface area contributed by atoms with Crippen LogP contribution in [0.4, 0.5) is 0 Å². The predicted molar refractivity (Wildman–Crippen MR) is 61.2 cm³/mol. The van der Waals surface area contributed by atoms with Crippen molar-refractivity contribution in [2.24, 2.45) is 0 Å². The molecule has 15 heavy (non-hydrogen) atoms. The van der Waals surface area contributed by atoms with Gasteiger partial charge in [0.1, 0.15) is 5.75 Å². The Balaban J connectivity index is 2.81. The first-order chi connectivity index (χ1) is 7.13. The second-order valence-corrected chi connectivity index (χ2v) is 4.00. The van der Waals surface area contributed by atoms with Crippen LogP contribution >= 0.6 is 11.6 Å². The Hall–Kier alpha value is -1.20. The van der Waals surface area contributed by atoms with Crippen molar-refractivity contribution in [3.05, 3.63) is 28.8 Å². The van der Waals surface area contributed by atoms with Crippen molar-refractivity contribution >= 4 is 11.6 Å². The van der Waals surface area contributed by atoms with E-state index in [9.17, 15) is 0 Å². The average molecular weight is 224 g/mol. The molecule has 80 valence electrons. The van der Waals surface area contributed by atoms with Crippen LogP contribution in [0.25, 0.3) is 0 Å². The number of halogens is 1. The van der Waals surface area contributed by atoms with Crippen LogP contribution in [0.3, 0.4) is 0 Å². The van der Waals surface area contributed by atoms with E-state index in [4.69, 9.17) is 21.6 Å². The second-order valence-electron chi connectivity index (χ2n) is 3.59. The Morgan fingerprint density at radius 1 is 1.47 bits per heavy atom. The van der Waals surface area contributed by atoms with Gasteiger partial charge in [0.05, 0.1) is 17.2 Å². The van der Waals surface area contributed by atoms with E-state index >= 15 is 0 Å². The van der Waals surface area contributed by atoms with E-state index in [0.29, 0.717) is 17.2 Å². The van der Waals surface area contributed by atoms with Crippen LogP contribution < -0.4 is 4.74 Å². The minimum absolute atomic E-state index is 0.105. The Morgan fingerprint density at radius 2 is 2.20 bits per heavy atom. The maximum Gasteiger partial charge on any atom is 0.138 e. The molecule has 3 heteroatoms. The number of ether oxygens (including phenoxy) is 1. The molecule has 0 aliphatic carbocycles. The van der Waals surface area contributed by atoms with Crippen LogP contribution in [0.15, 0.2) is 18.2 Å². The highest BCUT2D eigenvalue weighted by atomic mass is 35.5. The fourth-order valence-electron chi connectivity index (χ4n) is 1.25. The third kappa shape index (κ3) is 3.81. The normalized spacial score (nSPS) is 10.1. The molecule has 0 saturated heterocycles. The van der Waals surface area contributed by atoms with Crippen molar-refractivity contribution in [3.8, 4) is 11.8 Å². The third-order valence-corrected chi connectivity index (χ3v) is 2.20. The lowest BCUT2D eigenvalue weighted by Crippen LogP contribution is -2.06. The number of rotatable bonds is 4. The smallest absolute Gasteiger partial charge is 0.138 e. The maximum absolute atomic E-state index is 8.49. The zero-order chi connectivity index (χ0) is 11.3. The number of benzene rings is 1. The first kappa shape index (κ1) is 11.9. The third-order valence-electron chi connectivity index (χ3n) is 1.88. The summed E-state index contributed by atoms with van der Waals surface area (Å²) >= 11 is 5.98. The van der Waals surface area contributed by atoms with Gasteiger partial charge >= 0.3 is 0 Å². The van der Waals surface area contributed by atoms with E-state index in [-0.39, 0.29) is 6.10 Å². The van der Waals surface area contributed by atoms with E-state index in [1.165, 1.54) is 0 Å². The van der Waals surface area contributed by atoms with Crippen molar-refractivity contribution in [3.63, 3.8) is 0 Å². The molecule has 0 unspecified atom stereocenters. The Bertz CT molecular complexity index is 368. The second kappa shape index (κ2) is 5.63. The van der Waals surface area contributed by atoms with Gasteiger partial charge in [0.25, 0.3) is 0 Å². The Morgan fingerprint density at radius 3 is 2.80 bits per heavy atom. The fraction of sp³-hybridized carbons (Fsp3) is 0.417. The van der Waals surface area contributed by atoms with E-state index in [0.717, 1.165) is 12.0 Å². The van der Waals surface area contributed by atoms with Crippen LogP contribution in [0.1, 0.15) is 25.8 Å². The molecule has 0 aromatic heterocycles. The zero-order valence-electron chi connectivity index (χ0n) is 8.96. The standard InChI is InChI=1S/C12H14ClNO/c1-9(2)15-12-8-10(4-3-7-14)5-6-11(12)13/h5-6,8-9H,3-4H2,1-2H3. The molecular formula is C12H14ClNO. The first-order valence-corrected chi connectivity index (χ1v) is 5.33. The average Bonchev–Trinajstić information content (AvgIpc) is 2.18. The van der Waals surface area contributed by atoms with Gasteiger partial charge in [-0.1, -0.05) is 17.7 Å². The van der Waals surface area contributed by atoms with E-state index in [2.05, 4.69) is 6.07 Å². The van der Waals surface area contributed by atoms with Gasteiger partial charge in [0, 0.05) is 6.42 Å². The first-order valence-electron chi connectivity index (χ1n) is 4.95. The van der Waals surface area contributed by atoms with Crippen LogP contribution in [0, 0.1) is 11.3 Å². The number of nitrogens with zero attached hydrogens (tertiary/aromatic N) is 1. The molecule has 0 spiro atoms. The summed E-state index contributed by atoms with van der Waals surface area (Å²) in [7, 11) is 0. The molecule has 0 heterocycles. The van der Waals surface area contributed by atoms with Crippen LogP contribution in [-0.2, 0) is 6.42 Å². The highest BCUT2D eigenvalue weighted by molar-refractivity contribution is 6.32. The maximum atomic E-state index is 8.49. The molecule has 0 atom stereocenters. The molecule has 0 saturated carbocycles. The van der Waals surface area contributed by atoms with Gasteiger partial charge < -0.3 is 4.74 Å². The summed E-state index contributed by atoms with van der Waals surface area (Å²) < 4.78 is 5.55. The molecule has 1 aromatic carbocycles. The largest absolute Gasteiger partial charge is 0.489 e. The van der Waals surface area contributed by atoms with E-state index in [1.54, 1.807) is 0 Å². The molecule has 1 rings (SSSR count). The fourth-order valence-corrected chi connectivity index (χ4v) is 1.41. The highest BCUT2D eigenvalue weighted by Crippen LogP contribution is 2.26. The summed E-state index contributed by atoms with van der Waals surface area (Å²) in [5, 5.41) is 9.10. The topological polar surface area (TPSA) is 33.0 Å². The lowest BCUT2D eigenvalue weighted by atomic mass is 10.1. The van der Waals surface area contributed by atoms with Gasteiger partial charge in [0.2, 0.25) is 0 Å². The summed E-state index contributed by atoms with van der Waals surface area (Å²) in [6.07, 6.45) is 1.36. The lowest BCUT2D eigenvalue weighted by molar-refractivity contribution is 0.242. The van der Waals surface area contributed by atoms with Gasteiger partial charge in [-0.05, 0) is 38.0 Å². The molecule has 2 nitrogen and oxygen atoms in total. The molecule has 0 aliphatic rings. The molecule has 0 aliphatic heterocycles. The van der Waals surface area contributed by atoms with Crippen molar-refractivity contribution in [2.75, 3.05) is 0 Å². The quantitative estimate of drug-likeness (QED) is 0.782. The van der Waals surface area contributed by atoms with Crippen molar-refractivity contribution in [1.82, 2.24) is 0 Å². The minimum Gasteiger partial charge on any atom is -0.489 e. The van der Waals surface area contributed by atoms with E-state index < -0.39 is 0 Å². The van der Waals surface area contributed by atoms with Gasteiger partial charge in [-0.2, -0.15) is 5.26 Å². The van der Waals surface area contributed by atoms with Gasteiger partial charge in [0.15, 0.2) is 0 Å². The van der Waals surface area contributed by atoms with Crippen molar-refractivity contribution in [2.45, 2.75) is 32.8 Å². The number of hydrogen-bond donors (Lipinski definition) is 0. The monoisotopic (exact) mass is 223 g/mol. The molecule has 1 aromatic rings. The minimum atomic E-state index is 0.105. The highest BCUT2D eigenvalue weighted by Gasteiger charge is 2.05. The van der Waals surface area contributed by atoms with E-state index in [1.807, 2.05) is 32.0 Å². The van der Waals surface area contributed by atoms with Crippen molar-refractivity contribution in [1.29, 1.82) is 5.26 Å². The Kier molecular flexibility index (Phi) is 4.45. The molecule has 0 N–H and O–H groups in total. The number of hydrogen-bond acceptors (Lipinski definition) is 2. The van der Waals surface area contributed by atoms with Gasteiger partial charge in [-0.3, -0.25) is 0 Å². The van der Waals surface area contributed by atoms with Crippen molar-refractivity contribution < 1.29 is 4.74 Å². The summed E-state index contributed by atoms with van der Waals surface area (Å²) in [6, 6.07) is 7.75. The summed E-state index contributed by atoms with van der Waals surface area (Å²) in [5.74, 6) is 0.696. The van der Waals surface area contributed by atoms with Gasteiger partial charge in [-0.15, -0.1) is 0 Å². The van der Waals surface area contributed by atoms with Crippen LogP contribution in [-0.4, -0.2) is 6.10 Å². The molecular weight excluding hydrogens is 210 g/mol. The predicted octanol–water partition coefficient (Wildman–Crippen LogP) is 3.58. The summed E-state index contributed by atoms with van der Waals surface area (Å²) in [5.41, 5.74) is 1.08. The molecule has 0 fully saturated rings. The van der Waals surface area contributed by atoms with Crippen LogP contribution in [0.5, 0.6) is 5.75 Å². The summed E-state index contributed by atoms with van der Waals surface area (Å²) in [4.78, 5) is 0. The van der Waals surface area contributed by atoms with Crippen LogP contribution in [0.2, 0.25) is 5.02 Å². The number of aryl methyl sites for hydroxylation is 1. The molecule has 0 radical (unpaired) electrons. The van der Waals surface area contributed by atoms with Gasteiger partial charge in [-0.25, -0.2) is 0 Å².